The Morgan fingerprint density at radius 2 is 1.26 bits per heavy atom. The number of hydrogen-bond acceptors (Lipinski definition) is 2. The van der Waals surface area contributed by atoms with Crippen molar-refractivity contribution in [2.24, 2.45) is 0 Å². The normalized spacial score (nSPS) is 11.5. The lowest BCUT2D eigenvalue weighted by Crippen LogP contribution is -2.04. The lowest BCUT2D eigenvalue weighted by molar-refractivity contribution is 0.739. The van der Waals surface area contributed by atoms with E-state index in [0.29, 0.717) is 5.92 Å². The number of rotatable bonds is 3. The van der Waals surface area contributed by atoms with Crippen LogP contribution in [-0.2, 0) is 0 Å². The molecule has 4 aromatic carbocycles. The van der Waals surface area contributed by atoms with Crippen LogP contribution < -0.4 is 0 Å². The van der Waals surface area contributed by atoms with E-state index in [1.807, 2.05) is 67.9 Å². The van der Waals surface area contributed by atoms with Crippen LogP contribution in [0.3, 0.4) is 0 Å². The van der Waals surface area contributed by atoms with Gasteiger partial charge >= 0.3 is 0 Å². The topological polar surface area (TPSA) is 35.1 Å². The van der Waals surface area contributed by atoms with Gasteiger partial charge in [-0.25, -0.2) is 9.97 Å². The number of nitrogens with zero attached hydrogens (tertiary/aromatic N) is 4. The summed E-state index contributed by atoms with van der Waals surface area (Å²) >= 11 is 0. The van der Waals surface area contributed by atoms with Gasteiger partial charge in [-0.1, -0.05) is 93.0 Å². The van der Waals surface area contributed by atoms with Gasteiger partial charge in [-0.2, -0.15) is 0 Å². The van der Waals surface area contributed by atoms with E-state index < -0.39 is 0 Å². The zero-order valence-corrected chi connectivity index (χ0v) is 31.6. The first-order valence-electron chi connectivity index (χ1n) is 17.7. The molecule has 7 aromatic rings. The second kappa shape index (κ2) is 15.1. The van der Waals surface area contributed by atoms with Crippen LogP contribution in [0.25, 0.3) is 54.8 Å². The molecule has 0 radical (unpaired) electrons. The highest BCUT2D eigenvalue weighted by molar-refractivity contribution is 6.35. The summed E-state index contributed by atoms with van der Waals surface area (Å²) in [5.41, 5.74) is 14.9. The molecule has 0 spiro atoms. The molecule has 7 rings (SSSR count). The average molecular weight is 619 g/mol. The molecule has 1 atom stereocenters. The van der Waals surface area contributed by atoms with Gasteiger partial charge in [0.15, 0.2) is 0 Å². The van der Waals surface area contributed by atoms with E-state index >= 15 is 0 Å². The minimum absolute atomic E-state index is 0.438. The zero-order chi connectivity index (χ0) is 34.6. The van der Waals surface area contributed by atoms with Crippen LogP contribution in [-0.4, -0.2) is 18.9 Å². The summed E-state index contributed by atoms with van der Waals surface area (Å²) in [4.78, 5) is 10.1. The number of fused-ring (bicyclic) bond motifs is 6. The third kappa shape index (κ3) is 5.54. The third-order valence-corrected chi connectivity index (χ3v) is 9.00. The molecule has 0 aliphatic heterocycles. The van der Waals surface area contributed by atoms with Crippen LogP contribution in [0.2, 0.25) is 0 Å². The number of imidazole rings is 2. The van der Waals surface area contributed by atoms with Gasteiger partial charge in [0.05, 0.1) is 22.2 Å². The van der Waals surface area contributed by atoms with Gasteiger partial charge in [-0.15, -0.1) is 0 Å². The first kappa shape index (κ1) is 36.5. The van der Waals surface area contributed by atoms with Gasteiger partial charge in [0.2, 0.25) is 0 Å². The minimum atomic E-state index is 0.438. The fourth-order valence-electron chi connectivity index (χ4n) is 7.07. The molecule has 0 N–H and O–H groups in total. The van der Waals surface area contributed by atoms with E-state index in [2.05, 4.69) is 94.8 Å². The molecule has 4 heteroatoms. The summed E-state index contributed by atoms with van der Waals surface area (Å²) in [6.07, 6.45) is 7.23. The Bertz CT molecular complexity index is 2060. The predicted molar refractivity (Wildman–Crippen MR) is 206 cm³/mol. The van der Waals surface area contributed by atoms with E-state index in [0.717, 1.165) is 17.6 Å². The van der Waals surface area contributed by atoms with Crippen molar-refractivity contribution >= 4 is 49.1 Å². The van der Waals surface area contributed by atoms with Crippen molar-refractivity contribution < 1.29 is 0 Å². The summed E-state index contributed by atoms with van der Waals surface area (Å²) < 4.78 is 4.68. The molecule has 246 valence electrons. The fraction of sp³-hybridized carbons (Fsp3) is 0.429. The molecule has 4 nitrogen and oxygen atoms in total. The number of aromatic nitrogens is 4. The maximum absolute atomic E-state index is 5.16. The van der Waals surface area contributed by atoms with Crippen molar-refractivity contribution in [1.82, 2.24) is 18.9 Å². The van der Waals surface area contributed by atoms with Gasteiger partial charge in [0.1, 0.15) is 12.0 Å². The Morgan fingerprint density at radius 3 is 1.85 bits per heavy atom. The van der Waals surface area contributed by atoms with Crippen molar-refractivity contribution in [2.45, 2.75) is 123 Å². The van der Waals surface area contributed by atoms with Gasteiger partial charge in [-0.05, 0) is 93.3 Å². The Kier molecular flexibility index (Phi) is 12.0. The van der Waals surface area contributed by atoms with Crippen LogP contribution in [0.15, 0.2) is 43.0 Å². The molecule has 0 saturated heterocycles. The largest absolute Gasteiger partial charge is 0.299 e. The second-order valence-corrected chi connectivity index (χ2v) is 11.5. The molecule has 46 heavy (non-hydrogen) atoms. The molecule has 0 fully saturated rings. The highest BCUT2D eigenvalue weighted by Gasteiger charge is 2.26. The molecule has 1 unspecified atom stereocenters. The highest BCUT2D eigenvalue weighted by Crippen LogP contribution is 2.47. The summed E-state index contributed by atoms with van der Waals surface area (Å²) in [6, 6.07) is 9.36. The standard InChI is InChI=1S/C34H34N4.4C2H6/c1-9-18(3)24-15-20(5)26-29-27-25(14-19(4)23(8)32(27)37-11-10-35-34(37)28(24)29)33-30(26)36-16-38(33)31-21(6)12-17(2)13-22(31)7;4*1-2/h10-16,18H,9H2,1-8H3;4*1-2H3. The number of pyridine rings is 1. The minimum Gasteiger partial charge on any atom is -0.299 e. The Morgan fingerprint density at radius 1 is 0.652 bits per heavy atom. The summed E-state index contributed by atoms with van der Waals surface area (Å²) in [7, 11) is 0. The average Bonchev–Trinajstić information content (AvgIpc) is 3.73. The number of hydrogen-bond donors (Lipinski definition) is 0. The molecule has 3 aromatic heterocycles. The summed E-state index contributed by atoms with van der Waals surface area (Å²) in [5.74, 6) is 0.438. The molecular formula is C42H58N4. The van der Waals surface area contributed by atoms with E-state index in [-0.39, 0.29) is 0 Å². The summed E-state index contributed by atoms with van der Waals surface area (Å²) in [6.45, 7) is 34.0. The van der Waals surface area contributed by atoms with Crippen LogP contribution in [0.5, 0.6) is 0 Å². The van der Waals surface area contributed by atoms with Crippen LogP contribution in [0.4, 0.5) is 0 Å². The molecule has 3 heterocycles. The smallest absolute Gasteiger partial charge is 0.145 e. The van der Waals surface area contributed by atoms with E-state index in [4.69, 9.17) is 9.97 Å². The zero-order valence-electron chi connectivity index (χ0n) is 31.6. The quantitative estimate of drug-likeness (QED) is 0.185. The summed E-state index contributed by atoms with van der Waals surface area (Å²) in [5, 5.41) is 6.46. The van der Waals surface area contributed by atoms with Gasteiger partial charge in [-0.3, -0.25) is 8.97 Å². The van der Waals surface area contributed by atoms with E-state index in [1.165, 1.54) is 82.6 Å². The Hall–Kier alpha value is -3.92. The molecule has 0 aliphatic carbocycles. The molecule has 0 bridgehead atoms. The van der Waals surface area contributed by atoms with Crippen molar-refractivity contribution in [2.75, 3.05) is 0 Å². The van der Waals surface area contributed by atoms with Gasteiger partial charge < -0.3 is 0 Å². The second-order valence-electron chi connectivity index (χ2n) is 11.5. The van der Waals surface area contributed by atoms with Gasteiger partial charge in [0, 0.05) is 39.3 Å². The van der Waals surface area contributed by atoms with E-state index in [9.17, 15) is 0 Å². The van der Waals surface area contributed by atoms with Crippen molar-refractivity contribution in [1.29, 1.82) is 0 Å². The fourth-order valence-corrected chi connectivity index (χ4v) is 7.07. The van der Waals surface area contributed by atoms with Crippen LogP contribution in [0.1, 0.15) is 121 Å². The maximum atomic E-state index is 5.16. The monoisotopic (exact) mass is 618 g/mol. The highest BCUT2D eigenvalue weighted by atomic mass is 15.1. The number of benzene rings is 4. The Labute approximate surface area is 278 Å². The van der Waals surface area contributed by atoms with Crippen LogP contribution in [0, 0.1) is 41.5 Å². The van der Waals surface area contributed by atoms with Crippen LogP contribution >= 0.6 is 0 Å². The Balaban J connectivity index is 0.000000671. The third-order valence-electron chi connectivity index (χ3n) is 9.00. The lowest BCUT2D eigenvalue weighted by atomic mass is 9.84. The van der Waals surface area contributed by atoms with Crippen molar-refractivity contribution in [3.63, 3.8) is 0 Å². The predicted octanol–water partition coefficient (Wildman–Crippen LogP) is 13.0. The molecule has 0 amide bonds. The van der Waals surface area contributed by atoms with E-state index in [1.54, 1.807) is 0 Å². The van der Waals surface area contributed by atoms with Crippen molar-refractivity contribution in [3.05, 3.63) is 81.9 Å². The molecule has 0 saturated carbocycles. The maximum Gasteiger partial charge on any atom is 0.145 e. The van der Waals surface area contributed by atoms with Gasteiger partial charge in [0.25, 0.3) is 0 Å². The SMILES string of the molecule is CC.CC.CC.CC.CCC(C)c1cc(C)c2c3ncn(-c4c(C)cc(C)cc4C)c3c3cc(C)c(C)c4c3c2c1c1nccn14. The first-order chi connectivity index (χ1) is 22.2. The van der Waals surface area contributed by atoms with Crippen molar-refractivity contribution in [3.8, 4) is 5.69 Å². The molecule has 0 aliphatic rings. The lowest BCUT2D eigenvalue weighted by Gasteiger charge is -2.23. The first-order valence-corrected chi connectivity index (χ1v) is 17.7. The molecular weight excluding hydrogens is 560 g/mol. The number of aryl methyl sites for hydroxylation is 6.